The molecule has 0 N–H and O–H groups in total. The molecule has 3 aromatic rings. The fraction of sp³-hybridized carbons (Fsp3) is 0.318. The van der Waals surface area contributed by atoms with Gasteiger partial charge in [0.2, 0.25) is 0 Å². The lowest BCUT2D eigenvalue weighted by Gasteiger charge is -2.31. The molecular weight excluding hydrogens is 338 g/mol. The van der Waals surface area contributed by atoms with Crippen molar-refractivity contribution in [3.05, 3.63) is 76.2 Å². The third-order valence-corrected chi connectivity index (χ3v) is 5.21. The molecular formula is C22H23N3O2. The molecule has 0 bridgehead atoms. The SMILES string of the molecule is C[C@@H]1CCCN(C(=O)c2cc3cccnc3n(Cc3ccccc3)c2=O)C1. The fourth-order valence-electron chi connectivity index (χ4n) is 3.82. The van der Waals surface area contributed by atoms with Crippen LogP contribution in [0.4, 0.5) is 0 Å². The molecule has 3 heterocycles. The topological polar surface area (TPSA) is 55.2 Å². The van der Waals surface area contributed by atoms with E-state index in [0.717, 1.165) is 23.8 Å². The number of rotatable bonds is 3. The van der Waals surface area contributed by atoms with Gasteiger partial charge < -0.3 is 4.90 Å². The fourth-order valence-corrected chi connectivity index (χ4v) is 3.82. The molecule has 138 valence electrons. The standard InChI is InChI=1S/C22H23N3O2/c1-16-7-6-12-24(14-16)21(26)19-13-18-10-5-11-23-20(18)25(22(19)27)15-17-8-3-2-4-9-17/h2-5,8-11,13,16H,6-7,12,14-15H2,1H3/t16-/m1/s1. The van der Waals surface area contributed by atoms with Gasteiger partial charge in [-0.05, 0) is 42.5 Å². The van der Waals surface area contributed by atoms with Crippen LogP contribution in [-0.4, -0.2) is 33.4 Å². The highest BCUT2D eigenvalue weighted by Gasteiger charge is 2.25. The predicted octanol–water partition coefficient (Wildman–Crippen LogP) is 3.32. The Labute approximate surface area is 158 Å². The summed E-state index contributed by atoms with van der Waals surface area (Å²) in [5.74, 6) is 0.301. The first-order chi connectivity index (χ1) is 13.1. The maximum Gasteiger partial charge on any atom is 0.265 e. The van der Waals surface area contributed by atoms with Crippen LogP contribution in [0.25, 0.3) is 11.0 Å². The van der Waals surface area contributed by atoms with Crippen LogP contribution in [0.15, 0.2) is 59.5 Å². The number of carbonyl (C=O) groups excluding carboxylic acids is 1. The van der Waals surface area contributed by atoms with E-state index >= 15 is 0 Å². The molecule has 0 spiro atoms. The molecule has 0 saturated carbocycles. The van der Waals surface area contributed by atoms with Gasteiger partial charge in [-0.25, -0.2) is 4.98 Å². The Bertz CT molecular complexity index is 1030. The Morgan fingerprint density at radius 3 is 2.78 bits per heavy atom. The summed E-state index contributed by atoms with van der Waals surface area (Å²) in [4.78, 5) is 32.6. The second-order valence-corrected chi connectivity index (χ2v) is 7.35. The normalized spacial score (nSPS) is 17.2. The van der Waals surface area contributed by atoms with Crippen molar-refractivity contribution >= 4 is 16.9 Å². The predicted molar refractivity (Wildman–Crippen MR) is 106 cm³/mol. The van der Waals surface area contributed by atoms with Crippen molar-refractivity contribution < 1.29 is 4.79 Å². The molecule has 4 rings (SSSR count). The summed E-state index contributed by atoms with van der Waals surface area (Å²) in [5, 5.41) is 0.807. The molecule has 1 saturated heterocycles. The summed E-state index contributed by atoms with van der Waals surface area (Å²) in [6.45, 7) is 3.97. The van der Waals surface area contributed by atoms with Crippen molar-refractivity contribution in [2.45, 2.75) is 26.3 Å². The van der Waals surface area contributed by atoms with Gasteiger partial charge in [0.1, 0.15) is 11.2 Å². The lowest BCUT2D eigenvalue weighted by atomic mass is 9.99. The van der Waals surface area contributed by atoms with Gasteiger partial charge in [0.15, 0.2) is 0 Å². The van der Waals surface area contributed by atoms with Crippen LogP contribution in [0.5, 0.6) is 0 Å². The maximum absolute atomic E-state index is 13.2. The second-order valence-electron chi connectivity index (χ2n) is 7.35. The molecule has 1 amide bonds. The quantitative estimate of drug-likeness (QED) is 0.719. The number of nitrogens with zero attached hydrogens (tertiary/aromatic N) is 3. The van der Waals surface area contributed by atoms with E-state index in [-0.39, 0.29) is 17.0 Å². The highest BCUT2D eigenvalue weighted by atomic mass is 16.2. The summed E-state index contributed by atoms with van der Waals surface area (Å²) in [6.07, 6.45) is 3.79. The smallest absolute Gasteiger partial charge is 0.265 e. The average molecular weight is 361 g/mol. The third-order valence-electron chi connectivity index (χ3n) is 5.21. The minimum absolute atomic E-state index is 0.167. The molecule has 1 aromatic carbocycles. The minimum atomic E-state index is -0.270. The molecule has 2 aromatic heterocycles. The number of benzene rings is 1. The molecule has 0 radical (unpaired) electrons. The van der Waals surface area contributed by atoms with Gasteiger partial charge >= 0.3 is 0 Å². The van der Waals surface area contributed by atoms with Crippen molar-refractivity contribution in [3.8, 4) is 0 Å². The lowest BCUT2D eigenvalue weighted by molar-refractivity contribution is 0.0681. The number of piperidine rings is 1. The largest absolute Gasteiger partial charge is 0.338 e. The molecule has 1 atom stereocenters. The molecule has 1 aliphatic rings. The zero-order chi connectivity index (χ0) is 18.8. The molecule has 5 heteroatoms. The zero-order valence-electron chi connectivity index (χ0n) is 15.5. The van der Waals surface area contributed by atoms with Gasteiger partial charge in [-0.1, -0.05) is 37.3 Å². The van der Waals surface area contributed by atoms with Crippen LogP contribution < -0.4 is 5.56 Å². The van der Waals surface area contributed by atoms with E-state index in [1.165, 1.54) is 0 Å². The number of carbonyl (C=O) groups is 1. The van der Waals surface area contributed by atoms with Gasteiger partial charge in [0.05, 0.1) is 6.54 Å². The van der Waals surface area contributed by atoms with Crippen LogP contribution in [-0.2, 0) is 6.54 Å². The van der Waals surface area contributed by atoms with Gasteiger partial charge in [-0.3, -0.25) is 14.2 Å². The van der Waals surface area contributed by atoms with Crippen molar-refractivity contribution in [3.63, 3.8) is 0 Å². The van der Waals surface area contributed by atoms with Gasteiger partial charge in [-0.2, -0.15) is 0 Å². The van der Waals surface area contributed by atoms with E-state index in [4.69, 9.17) is 0 Å². The number of hydrogen-bond acceptors (Lipinski definition) is 3. The summed E-state index contributed by atoms with van der Waals surface area (Å²) in [7, 11) is 0. The van der Waals surface area contributed by atoms with Crippen LogP contribution in [0.1, 0.15) is 35.7 Å². The van der Waals surface area contributed by atoms with E-state index in [1.807, 2.05) is 47.4 Å². The van der Waals surface area contributed by atoms with Crippen LogP contribution in [0, 0.1) is 5.92 Å². The maximum atomic E-state index is 13.2. The Morgan fingerprint density at radius 1 is 1.19 bits per heavy atom. The highest BCUT2D eigenvalue weighted by molar-refractivity contribution is 5.97. The summed E-state index contributed by atoms with van der Waals surface area (Å²) in [6, 6.07) is 15.2. The Kier molecular flexibility index (Phi) is 4.75. The number of amides is 1. The van der Waals surface area contributed by atoms with Crippen molar-refractivity contribution in [2.75, 3.05) is 13.1 Å². The average Bonchev–Trinajstić information content (AvgIpc) is 2.70. The second kappa shape index (κ2) is 7.35. The number of fused-ring (bicyclic) bond motifs is 1. The first-order valence-electron chi connectivity index (χ1n) is 9.45. The first-order valence-corrected chi connectivity index (χ1v) is 9.45. The van der Waals surface area contributed by atoms with Crippen molar-refractivity contribution in [1.82, 2.24) is 14.5 Å². The Hall–Kier alpha value is -2.95. The minimum Gasteiger partial charge on any atom is -0.338 e. The van der Waals surface area contributed by atoms with E-state index in [1.54, 1.807) is 16.8 Å². The van der Waals surface area contributed by atoms with Gasteiger partial charge in [-0.15, -0.1) is 0 Å². The summed E-state index contributed by atoms with van der Waals surface area (Å²) >= 11 is 0. The number of hydrogen-bond donors (Lipinski definition) is 0. The molecule has 1 aliphatic heterocycles. The molecule has 0 unspecified atom stereocenters. The van der Waals surface area contributed by atoms with E-state index in [0.29, 0.717) is 31.2 Å². The molecule has 27 heavy (non-hydrogen) atoms. The summed E-state index contributed by atoms with van der Waals surface area (Å²) < 4.78 is 1.62. The number of likely N-dealkylation sites (tertiary alicyclic amines) is 1. The van der Waals surface area contributed by atoms with E-state index in [2.05, 4.69) is 11.9 Å². The zero-order valence-corrected chi connectivity index (χ0v) is 15.5. The third kappa shape index (κ3) is 3.50. The Morgan fingerprint density at radius 2 is 2.00 bits per heavy atom. The van der Waals surface area contributed by atoms with Crippen molar-refractivity contribution in [2.24, 2.45) is 5.92 Å². The molecule has 1 fully saturated rings. The molecule has 0 aliphatic carbocycles. The molecule has 5 nitrogen and oxygen atoms in total. The monoisotopic (exact) mass is 361 g/mol. The lowest BCUT2D eigenvalue weighted by Crippen LogP contribution is -2.42. The van der Waals surface area contributed by atoms with E-state index in [9.17, 15) is 9.59 Å². The van der Waals surface area contributed by atoms with Gasteiger partial charge in [0.25, 0.3) is 11.5 Å². The number of pyridine rings is 2. The first kappa shape index (κ1) is 17.5. The highest BCUT2D eigenvalue weighted by Crippen LogP contribution is 2.19. The van der Waals surface area contributed by atoms with Crippen LogP contribution >= 0.6 is 0 Å². The number of aromatic nitrogens is 2. The van der Waals surface area contributed by atoms with Crippen LogP contribution in [0.3, 0.4) is 0 Å². The summed E-state index contributed by atoms with van der Waals surface area (Å²) in [5.41, 5.74) is 1.58. The van der Waals surface area contributed by atoms with Gasteiger partial charge in [0, 0.05) is 24.7 Å². The Balaban J connectivity index is 1.81. The van der Waals surface area contributed by atoms with E-state index < -0.39 is 0 Å². The van der Waals surface area contributed by atoms with Crippen molar-refractivity contribution in [1.29, 1.82) is 0 Å². The van der Waals surface area contributed by atoms with Crippen LogP contribution in [0.2, 0.25) is 0 Å².